The summed E-state index contributed by atoms with van der Waals surface area (Å²) in [6, 6.07) is 13.8. The molecule has 6 nitrogen and oxygen atoms in total. The Bertz CT molecular complexity index is 1390. The number of aryl methyl sites for hydroxylation is 2. The van der Waals surface area contributed by atoms with E-state index in [9.17, 15) is 9.90 Å². The van der Waals surface area contributed by atoms with E-state index in [-0.39, 0.29) is 22.3 Å². The number of rotatable bonds is 2. The van der Waals surface area contributed by atoms with Gasteiger partial charge in [0.05, 0.1) is 17.9 Å². The first-order valence-electron chi connectivity index (χ1n) is 10.0. The molecule has 0 amide bonds. The van der Waals surface area contributed by atoms with Crippen molar-refractivity contribution in [2.24, 2.45) is 0 Å². The van der Waals surface area contributed by atoms with Gasteiger partial charge >= 0.3 is 0 Å². The number of nitrogens with one attached hydrogen (secondary N) is 2. The van der Waals surface area contributed by atoms with Crippen LogP contribution in [0, 0.1) is 18.6 Å². The van der Waals surface area contributed by atoms with Gasteiger partial charge in [-0.1, -0.05) is 24.3 Å². The van der Waals surface area contributed by atoms with Crippen molar-refractivity contribution in [1.29, 1.82) is 0 Å². The van der Waals surface area contributed by atoms with Crippen LogP contribution in [0.2, 0.25) is 0 Å². The number of quaternary nitrogens is 1. The van der Waals surface area contributed by atoms with E-state index in [1.807, 2.05) is 44.2 Å². The molecule has 0 bridgehead atoms. The van der Waals surface area contributed by atoms with E-state index in [0.717, 1.165) is 41.0 Å². The molecule has 0 fully saturated rings. The van der Waals surface area contributed by atoms with Gasteiger partial charge in [0.15, 0.2) is 10.8 Å². The molecule has 2 aromatic heterocycles. The Morgan fingerprint density at radius 1 is 1.13 bits per heavy atom. The highest BCUT2D eigenvalue weighted by Crippen LogP contribution is 2.33. The highest BCUT2D eigenvalue weighted by Gasteiger charge is 2.34. The van der Waals surface area contributed by atoms with Crippen molar-refractivity contribution in [1.82, 2.24) is 14.5 Å². The van der Waals surface area contributed by atoms with E-state index in [1.54, 1.807) is 4.57 Å². The molecule has 0 unspecified atom stereocenters. The quantitative estimate of drug-likeness (QED) is 0.377. The summed E-state index contributed by atoms with van der Waals surface area (Å²) < 4.78 is 1.73. The summed E-state index contributed by atoms with van der Waals surface area (Å²) in [6.45, 7) is 4.82. The van der Waals surface area contributed by atoms with Gasteiger partial charge in [-0.25, -0.2) is 0 Å². The van der Waals surface area contributed by atoms with Crippen molar-refractivity contribution >= 4 is 23.1 Å². The number of benzene rings is 2. The lowest BCUT2D eigenvalue weighted by Gasteiger charge is -2.23. The summed E-state index contributed by atoms with van der Waals surface area (Å²) in [6.07, 6.45) is 0.907. The van der Waals surface area contributed by atoms with E-state index >= 15 is 0 Å². The number of hydrogen-bond donors (Lipinski definition) is 4. The Labute approximate surface area is 178 Å². The van der Waals surface area contributed by atoms with Crippen LogP contribution in [-0.4, -0.2) is 26.2 Å². The summed E-state index contributed by atoms with van der Waals surface area (Å²) in [5.41, 5.74) is 6.02. The minimum absolute atomic E-state index is 0.110. The average Bonchev–Trinajstić information content (AvgIpc) is 3.06. The van der Waals surface area contributed by atoms with Crippen LogP contribution in [0.5, 0.6) is 5.88 Å². The van der Waals surface area contributed by atoms with Crippen LogP contribution in [0.4, 0.5) is 0 Å². The van der Waals surface area contributed by atoms with Crippen LogP contribution in [0.3, 0.4) is 0 Å². The molecule has 4 aromatic rings. The van der Waals surface area contributed by atoms with E-state index in [2.05, 4.69) is 27.4 Å². The molecule has 1 atom stereocenters. The molecule has 5 N–H and O–H groups in total. The van der Waals surface area contributed by atoms with Crippen LogP contribution in [-0.2, 0) is 6.42 Å². The molecular weight excluding hydrogens is 396 g/mol. The number of hydrogen-bond acceptors (Lipinski definition) is 3. The maximum atomic E-state index is 13.0. The Hall–Kier alpha value is -3.16. The molecule has 0 saturated carbocycles. The summed E-state index contributed by atoms with van der Waals surface area (Å²) in [5, 5.41) is 14.5. The van der Waals surface area contributed by atoms with Crippen LogP contribution in [0.15, 0.2) is 47.3 Å². The normalized spacial score (nSPS) is 16.0. The molecule has 0 radical (unpaired) electrons. The molecule has 0 spiro atoms. The Morgan fingerprint density at radius 2 is 1.87 bits per heavy atom. The Balaban J connectivity index is 1.76. The maximum Gasteiger partial charge on any atom is 0.265 e. The monoisotopic (exact) mass is 419 g/mol. The van der Waals surface area contributed by atoms with Gasteiger partial charge in [-0.15, -0.1) is 0 Å². The van der Waals surface area contributed by atoms with Crippen molar-refractivity contribution in [2.75, 3.05) is 6.54 Å². The molecule has 2 aromatic carbocycles. The number of aromatic nitrogens is 3. The summed E-state index contributed by atoms with van der Waals surface area (Å²) in [5.74, 6) is -0.110. The molecular formula is C23H23N4O2S+. The lowest BCUT2D eigenvalue weighted by Crippen LogP contribution is -2.87. The SMILES string of the molecule is Cc1cc(C)cc(-n2c(O)c([C@@H]3[NH2+]CCc4c3[nH]c3ccccc43)c(=O)[nH]c2=S)c1. The number of nitrogens with two attached hydrogens (primary N) is 1. The second-order valence-corrected chi connectivity index (χ2v) is 8.38. The lowest BCUT2D eigenvalue weighted by molar-refractivity contribution is -0.690. The fourth-order valence-corrected chi connectivity index (χ4v) is 4.95. The summed E-state index contributed by atoms with van der Waals surface area (Å²) in [7, 11) is 0. The molecule has 7 heteroatoms. The molecule has 30 heavy (non-hydrogen) atoms. The Kier molecular flexibility index (Phi) is 4.38. The highest BCUT2D eigenvalue weighted by atomic mass is 32.1. The number of fused-ring (bicyclic) bond motifs is 3. The van der Waals surface area contributed by atoms with Gasteiger partial charge in [-0.3, -0.25) is 14.3 Å². The van der Waals surface area contributed by atoms with Crippen molar-refractivity contribution in [3.8, 4) is 11.6 Å². The molecule has 1 aliphatic rings. The van der Waals surface area contributed by atoms with Gasteiger partial charge in [0, 0.05) is 17.3 Å². The van der Waals surface area contributed by atoms with Gasteiger partial charge in [0.2, 0.25) is 5.88 Å². The average molecular weight is 420 g/mol. The van der Waals surface area contributed by atoms with E-state index < -0.39 is 0 Å². The first-order chi connectivity index (χ1) is 14.4. The molecule has 0 saturated heterocycles. The van der Waals surface area contributed by atoms with Crippen molar-refractivity contribution in [2.45, 2.75) is 26.3 Å². The Morgan fingerprint density at radius 3 is 2.63 bits per heavy atom. The van der Waals surface area contributed by atoms with Crippen molar-refractivity contribution in [3.05, 3.63) is 85.5 Å². The molecule has 5 rings (SSSR count). The topological polar surface area (TPSA) is 90.4 Å². The van der Waals surface area contributed by atoms with Crippen LogP contribution in [0.25, 0.3) is 16.6 Å². The van der Waals surface area contributed by atoms with Gasteiger partial charge in [0.1, 0.15) is 5.56 Å². The van der Waals surface area contributed by atoms with Crippen LogP contribution < -0.4 is 10.9 Å². The third-order valence-electron chi connectivity index (χ3n) is 5.85. The van der Waals surface area contributed by atoms with Crippen molar-refractivity contribution in [3.63, 3.8) is 0 Å². The smallest absolute Gasteiger partial charge is 0.265 e. The van der Waals surface area contributed by atoms with Gasteiger partial charge in [0.25, 0.3) is 5.56 Å². The zero-order valence-electron chi connectivity index (χ0n) is 16.8. The minimum Gasteiger partial charge on any atom is -0.494 e. The molecule has 3 heterocycles. The van der Waals surface area contributed by atoms with E-state index in [4.69, 9.17) is 12.2 Å². The number of H-pyrrole nitrogens is 2. The maximum absolute atomic E-state index is 13.0. The molecule has 0 aliphatic carbocycles. The first kappa shape index (κ1) is 18.8. The van der Waals surface area contributed by atoms with Gasteiger partial charge in [-0.2, -0.15) is 0 Å². The molecule has 1 aliphatic heterocycles. The number of para-hydroxylation sites is 1. The van der Waals surface area contributed by atoms with E-state index in [1.165, 1.54) is 10.9 Å². The number of aromatic amines is 2. The number of aromatic hydroxyl groups is 1. The highest BCUT2D eigenvalue weighted by molar-refractivity contribution is 7.71. The van der Waals surface area contributed by atoms with E-state index in [0.29, 0.717) is 5.56 Å². The fraction of sp³-hybridized carbons (Fsp3) is 0.217. The lowest BCUT2D eigenvalue weighted by atomic mass is 9.95. The summed E-state index contributed by atoms with van der Waals surface area (Å²) in [4.78, 5) is 19.2. The zero-order chi connectivity index (χ0) is 21.0. The third-order valence-corrected chi connectivity index (χ3v) is 6.14. The van der Waals surface area contributed by atoms with Crippen LogP contribution >= 0.6 is 12.2 Å². The predicted molar refractivity (Wildman–Crippen MR) is 119 cm³/mol. The second kappa shape index (κ2) is 6.97. The van der Waals surface area contributed by atoms with Crippen LogP contribution in [0.1, 0.15) is 34.0 Å². The molecule has 152 valence electrons. The zero-order valence-corrected chi connectivity index (χ0v) is 17.6. The van der Waals surface area contributed by atoms with Gasteiger partial charge in [-0.05, 0) is 61.0 Å². The predicted octanol–water partition coefficient (Wildman–Crippen LogP) is 2.91. The van der Waals surface area contributed by atoms with Crippen molar-refractivity contribution < 1.29 is 10.4 Å². The number of nitrogens with zero attached hydrogens (tertiary/aromatic N) is 1. The largest absolute Gasteiger partial charge is 0.494 e. The summed E-state index contributed by atoms with van der Waals surface area (Å²) >= 11 is 5.42. The minimum atomic E-state index is -0.356. The van der Waals surface area contributed by atoms with Gasteiger partial charge < -0.3 is 15.4 Å². The fourth-order valence-electron chi connectivity index (χ4n) is 4.67. The third kappa shape index (κ3) is 2.89. The second-order valence-electron chi connectivity index (χ2n) is 7.99. The standard InChI is InChI=1S/C23H22N4O2S/c1-12-9-13(2)11-14(10-12)27-22(29)18(21(28)26-23(27)30)20-19-16(7-8-24-20)15-5-3-4-6-17(15)25-19/h3-6,9-11,20,24-25,29H,7-8H2,1-2H3,(H,26,28,30)/p+1/t20-/m0/s1. The first-order valence-corrected chi connectivity index (χ1v) is 10.4.